The van der Waals surface area contributed by atoms with Crippen molar-refractivity contribution in [2.24, 2.45) is 0 Å². The average molecular weight is 263 g/mol. The van der Waals surface area contributed by atoms with Crippen LogP contribution in [0.5, 0.6) is 0 Å². The summed E-state index contributed by atoms with van der Waals surface area (Å²) >= 11 is 0. The lowest BCUT2D eigenvalue weighted by Gasteiger charge is -2.19. The van der Waals surface area contributed by atoms with Gasteiger partial charge in [0, 0.05) is 18.9 Å². The number of ether oxygens (including phenoxy) is 1. The van der Waals surface area contributed by atoms with Gasteiger partial charge in [-0.05, 0) is 38.6 Å². The highest BCUT2D eigenvalue weighted by atomic mass is 32.2. The largest absolute Gasteiger partial charge is 0.378 e. The molecular weight excluding hydrogens is 238 g/mol. The van der Waals surface area contributed by atoms with Gasteiger partial charge >= 0.3 is 0 Å². The van der Waals surface area contributed by atoms with Gasteiger partial charge < -0.3 is 10.1 Å². The summed E-state index contributed by atoms with van der Waals surface area (Å²) in [5.74, 6) is 0.274. The first-order valence-corrected chi connectivity index (χ1v) is 8.60. The van der Waals surface area contributed by atoms with Crippen molar-refractivity contribution in [1.82, 2.24) is 5.32 Å². The van der Waals surface area contributed by atoms with Crippen LogP contribution >= 0.6 is 0 Å². The molecule has 17 heavy (non-hydrogen) atoms. The molecule has 4 nitrogen and oxygen atoms in total. The van der Waals surface area contributed by atoms with E-state index in [1.54, 1.807) is 0 Å². The SMILES string of the molecule is CCNC(CCC1CCCO1)CCS(C)(=O)=O. The highest BCUT2D eigenvalue weighted by Gasteiger charge is 2.18. The molecule has 1 aliphatic heterocycles. The van der Waals surface area contributed by atoms with E-state index in [0.717, 1.165) is 32.4 Å². The predicted molar refractivity (Wildman–Crippen MR) is 70.0 cm³/mol. The maximum absolute atomic E-state index is 11.1. The molecule has 0 bridgehead atoms. The van der Waals surface area contributed by atoms with E-state index in [-0.39, 0.29) is 5.75 Å². The summed E-state index contributed by atoms with van der Waals surface area (Å²) in [6.45, 7) is 3.83. The number of rotatable bonds is 8. The number of nitrogens with one attached hydrogen (secondary N) is 1. The summed E-state index contributed by atoms with van der Waals surface area (Å²) < 4.78 is 27.9. The Balaban J connectivity index is 2.26. The Morgan fingerprint density at radius 1 is 1.41 bits per heavy atom. The van der Waals surface area contributed by atoms with Gasteiger partial charge in [0.15, 0.2) is 0 Å². The molecule has 5 heteroatoms. The third-order valence-electron chi connectivity index (χ3n) is 3.19. The maximum Gasteiger partial charge on any atom is 0.147 e. The predicted octanol–water partition coefficient (Wildman–Crippen LogP) is 1.36. The molecule has 0 saturated carbocycles. The molecular formula is C12H25NO3S. The van der Waals surface area contributed by atoms with Gasteiger partial charge in [-0.15, -0.1) is 0 Å². The monoisotopic (exact) mass is 263 g/mol. The van der Waals surface area contributed by atoms with E-state index in [4.69, 9.17) is 4.74 Å². The van der Waals surface area contributed by atoms with Gasteiger partial charge in [0.1, 0.15) is 9.84 Å². The molecule has 1 heterocycles. The zero-order chi connectivity index (χ0) is 12.7. The van der Waals surface area contributed by atoms with Crippen LogP contribution in [0.15, 0.2) is 0 Å². The van der Waals surface area contributed by atoms with Crippen LogP contribution in [-0.4, -0.2) is 45.7 Å². The Hall–Kier alpha value is -0.130. The molecule has 0 aliphatic carbocycles. The number of sulfone groups is 1. The molecule has 0 spiro atoms. The van der Waals surface area contributed by atoms with Gasteiger partial charge in [-0.1, -0.05) is 6.92 Å². The molecule has 1 aliphatic rings. The van der Waals surface area contributed by atoms with Crippen LogP contribution < -0.4 is 5.32 Å². The van der Waals surface area contributed by atoms with Crippen LogP contribution in [0.25, 0.3) is 0 Å². The Morgan fingerprint density at radius 2 is 2.18 bits per heavy atom. The van der Waals surface area contributed by atoms with Crippen molar-refractivity contribution in [1.29, 1.82) is 0 Å². The zero-order valence-corrected chi connectivity index (χ0v) is 11.8. The molecule has 0 aromatic heterocycles. The lowest BCUT2D eigenvalue weighted by Crippen LogP contribution is -2.31. The Labute approximate surface area is 105 Å². The lowest BCUT2D eigenvalue weighted by molar-refractivity contribution is 0.0995. The van der Waals surface area contributed by atoms with E-state index in [1.165, 1.54) is 12.7 Å². The minimum absolute atomic E-state index is 0.274. The molecule has 1 rings (SSSR count). The minimum atomic E-state index is -2.85. The van der Waals surface area contributed by atoms with Crippen molar-refractivity contribution in [2.75, 3.05) is 25.2 Å². The molecule has 1 fully saturated rings. The smallest absolute Gasteiger partial charge is 0.147 e. The van der Waals surface area contributed by atoms with Crippen molar-refractivity contribution in [2.45, 2.75) is 51.2 Å². The quantitative estimate of drug-likeness (QED) is 0.718. The molecule has 0 aromatic rings. The van der Waals surface area contributed by atoms with E-state index in [0.29, 0.717) is 18.6 Å². The normalized spacial score (nSPS) is 22.8. The molecule has 1 N–H and O–H groups in total. The van der Waals surface area contributed by atoms with Crippen molar-refractivity contribution in [3.63, 3.8) is 0 Å². The summed E-state index contributed by atoms with van der Waals surface area (Å²) in [5.41, 5.74) is 0. The van der Waals surface area contributed by atoms with Crippen LogP contribution in [0.4, 0.5) is 0 Å². The molecule has 2 atom stereocenters. The maximum atomic E-state index is 11.1. The molecule has 102 valence electrons. The average Bonchev–Trinajstić information content (AvgIpc) is 2.74. The van der Waals surface area contributed by atoms with E-state index in [2.05, 4.69) is 12.2 Å². The van der Waals surface area contributed by atoms with Crippen molar-refractivity contribution in [3.05, 3.63) is 0 Å². The molecule has 2 unspecified atom stereocenters. The second-order valence-corrected chi connectivity index (χ2v) is 7.15. The van der Waals surface area contributed by atoms with Crippen LogP contribution in [0, 0.1) is 0 Å². The van der Waals surface area contributed by atoms with Gasteiger partial charge in [0.2, 0.25) is 0 Å². The third kappa shape index (κ3) is 7.01. The summed E-state index contributed by atoms with van der Waals surface area (Å²) in [5, 5.41) is 3.36. The first-order valence-electron chi connectivity index (χ1n) is 6.54. The van der Waals surface area contributed by atoms with Gasteiger partial charge in [-0.25, -0.2) is 8.42 Å². The summed E-state index contributed by atoms with van der Waals surface area (Å²) in [7, 11) is -2.85. The second kappa shape index (κ2) is 7.34. The van der Waals surface area contributed by atoms with Gasteiger partial charge in [-0.2, -0.15) is 0 Å². The fourth-order valence-electron chi connectivity index (χ4n) is 2.25. The van der Waals surface area contributed by atoms with Crippen LogP contribution in [0.1, 0.15) is 39.0 Å². The van der Waals surface area contributed by atoms with Crippen LogP contribution in [-0.2, 0) is 14.6 Å². The van der Waals surface area contributed by atoms with Crippen LogP contribution in [0.3, 0.4) is 0 Å². The first kappa shape index (κ1) is 14.9. The van der Waals surface area contributed by atoms with Gasteiger partial charge in [-0.3, -0.25) is 0 Å². The van der Waals surface area contributed by atoms with Crippen LogP contribution in [0.2, 0.25) is 0 Å². The summed E-state index contributed by atoms with van der Waals surface area (Å²) in [4.78, 5) is 0. The van der Waals surface area contributed by atoms with E-state index in [1.807, 2.05) is 0 Å². The standard InChI is InChI=1S/C12H25NO3S/c1-3-13-11(8-10-17(2,14)15)6-7-12-5-4-9-16-12/h11-13H,3-10H2,1-2H3. The van der Waals surface area contributed by atoms with E-state index >= 15 is 0 Å². The number of hydrogen-bond acceptors (Lipinski definition) is 4. The summed E-state index contributed by atoms with van der Waals surface area (Å²) in [6, 6.07) is 0.305. The third-order valence-corrected chi connectivity index (χ3v) is 4.17. The Morgan fingerprint density at radius 3 is 2.71 bits per heavy atom. The van der Waals surface area contributed by atoms with Gasteiger partial charge in [0.25, 0.3) is 0 Å². The lowest BCUT2D eigenvalue weighted by atomic mass is 10.0. The highest BCUT2D eigenvalue weighted by molar-refractivity contribution is 7.90. The molecule has 0 aromatic carbocycles. The first-order chi connectivity index (χ1) is 8.01. The van der Waals surface area contributed by atoms with E-state index < -0.39 is 9.84 Å². The second-order valence-electron chi connectivity index (χ2n) is 4.89. The zero-order valence-electron chi connectivity index (χ0n) is 10.9. The fourth-order valence-corrected chi connectivity index (χ4v) is 2.97. The fraction of sp³-hybridized carbons (Fsp3) is 1.00. The van der Waals surface area contributed by atoms with Crippen molar-refractivity contribution >= 4 is 9.84 Å². The summed E-state index contributed by atoms with van der Waals surface area (Å²) in [6.07, 6.45) is 6.78. The Kier molecular flexibility index (Phi) is 6.44. The topological polar surface area (TPSA) is 55.4 Å². The van der Waals surface area contributed by atoms with E-state index in [9.17, 15) is 8.42 Å². The molecule has 0 radical (unpaired) electrons. The van der Waals surface area contributed by atoms with Crippen molar-refractivity contribution in [3.8, 4) is 0 Å². The van der Waals surface area contributed by atoms with Crippen molar-refractivity contribution < 1.29 is 13.2 Å². The minimum Gasteiger partial charge on any atom is -0.378 e. The molecule has 0 amide bonds. The van der Waals surface area contributed by atoms with Gasteiger partial charge in [0.05, 0.1) is 11.9 Å². The highest BCUT2D eigenvalue weighted by Crippen LogP contribution is 2.18. The Bertz CT molecular complexity index is 297. The molecule has 1 saturated heterocycles. The number of hydrogen-bond donors (Lipinski definition) is 1.